The Morgan fingerprint density at radius 1 is 0.840 bits per heavy atom. The number of ketones is 2. The summed E-state index contributed by atoms with van der Waals surface area (Å²) in [6.07, 6.45) is 2.38. The smallest absolute Gasteiger partial charge is 0.296 e. The lowest BCUT2D eigenvalue weighted by Gasteiger charge is -2.37. The van der Waals surface area contributed by atoms with E-state index in [0.29, 0.717) is 18.5 Å². The molecule has 2 aliphatic rings. The Balaban J connectivity index is 1.94. The lowest BCUT2D eigenvalue weighted by atomic mass is 9.65. The molecule has 2 unspecified atom stereocenters. The summed E-state index contributed by atoms with van der Waals surface area (Å²) < 4.78 is 0. The van der Waals surface area contributed by atoms with Gasteiger partial charge in [-0.05, 0) is 30.5 Å². The van der Waals surface area contributed by atoms with E-state index in [1.54, 1.807) is 0 Å². The van der Waals surface area contributed by atoms with E-state index in [9.17, 15) is 14.4 Å². The summed E-state index contributed by atoms with van der Waals surface area (Å²) in [4.78, 5) is 40.4. The van der Waals surface area contributed by atoms with Gasteiger partial charge in [0.15, 0.2) is 0 Å². The maximum Gasteiger partial charge on any atom is 0.296 e. The quantitative estimate of drug-likeness (QED) is 0.624. The molecule has 126 valence electrons. The van der Waals surface area contributed by atoms with Crippen molar-refractivity contribution < 1.29 is 14.4 Å². The summed E-state index contributed by atoms with van der Waals surface area (Å²) in [5.41, 5.74) is 0.248. The van der Waals surface area contributed by atoms with Crippen molar-refractivity contribution in [1.29, 1.82) is 0 Å². The third kappa shape index (κ3) is 2.24. The molecule has 0 aromatic heterocycles. The molecule has 25 heavy (non-hydrogen) atoms. The predicted molar refractivity (Wildman–Crippen MR) is 94.0 cm³/mol. The average Bonchev–Trinajstić information content (AvgIpc) is 2.88. The molecule has 2 fully saturated rings. The van der Waals surface area contributed by atoms with E-state index in [2.05, 4.69) is 0 Å². The number of amides is 1. The minimum atomic E-state index is -1.24. The van der Waals surface area contributed by atoms with Crippen LogP contribution in [-0.2, 0) is 14.4 Å². The second kappa shape index (κ2) is 5.96. The monoisotopic (exact) mass is 333 g/mol. The normalized spacial score (nSPS) is 26.5. The van der Waals surface area contributed by atoms with Crippen LogP contribution in [0.2, 0.25) is 0 Å². The molecule has 1 saturated heterocycles. The largest absolute Gasteiger partial charge is 0.298 e. The zero-order valence-corrected chi connectivity index (χ0v) is 13.9. The molecule has 0 bridgehead atoms. The molecule has 0 N–H and O–H groups in total. The fourth-order valence-electron chi connectivity index (χ4n) is 4.27. The van der Waals surface area contributed by atoms with Crippen LogP contribution < -0.4 is 4.90 Å². The van der Waals surface area contributed by atoms with Crippen molar-refractivity contribution >= 4 is 23.2 Å². The zero-order chi connectivity index (χ0) is 17.4. The summed E-state index contributed by atoms with van der Waals surface area (Å²) in [6, 6.07) is 18.1. The lowest BCUT2D eigenvalue weighted by molar-refractivity contribution is -0.146. The number of carbonyl (C=O) groups is 3. The first-order valence-corrected chi connectivity index (χ1v) is 8.67. The van der Waals surface area contributed by atoms with Gasteiger partial charge in [0.1, 0.15) is 11.2 Å². The number of para-hydroxylation sites is 1. The minimum absolute atomic E-state index is 0.0932. The fourth-order valence-corrected chi connectivity index (χ4v) is 4.27. The summed E-state index contributed by atoms with van der Waals surface area (Å²) >= 11 is 0. The molecular weight excluding hydrogens is 314 g/mol. The number of hydrogen-bond acceptors (Lipinski definition) is 3. The van der Waals surface area contributed by atoms with Crippen molar-refractivity contribution in [2.45, 2.75) is 31.7 Å². The first-order valence-electron chi connectivity index (χ1n) is 8.67. The van der Waals surface area contributed by atoms with Crippen LogP contribution >= 0.6 is 0 Å². The van der Waals surface area contributed by atoms with E-state index in [1.807, 2.05) is 60.7 Å². The summed E-state index contributed by atoms with van der Waals surface area (Å²) in [5.74, 6) is -1.21. The predicted octanol–water partition coefficient (Wildman–Crippen LogP) is 3.47. The third-order valence-electron chi connectivity index (χ3n) is 5.42. The van der Waals surface area contributed by atoms with Crippen LogP contribution in [0, 0.1) is 5.41 Å². The lowest BCUT2D eigenvalue weighted by Crippen LogP contribution is -2.44. The Morgan fingerprint density at radius 2 is 1.48 bits per heavy atom. The Hall–Kier alpha value is -2.75. The number of anilines is 1. The molecule has 4 rings (SSSR count). The molecular formula is C21H19NO3. The standard InChI is InChI=1S/C21H19NO3/c23-17-13-7-8-14-21(17)18(15-9-3-1-4-10-15)22(20(25)19(21)24)16-11-5-2-6-12-16/h1-6,9-12,18H,7-8,13-14H2. The van der Waals surface area contributed by atoms with Gasteiger partial charge in [-0.1, -0.05) is 55.0 Å². The van der Waals surface area contributed by atoms with Crippen LogP contribution in [0.1, 0.15) is 37.3 Å². The Morgan fingerprint density at radius 3 is 2.12 bits per heavy atom. The maximum atomic E-state index is 13.0. The van der Waals surface area contributed by atoms with E-state index < -0.39 is 23.1 Å². The SMILES string of the molecule is O=C1C(=O)C2(CCCCC2=O)C(c2ccccc2)N1c1ccccc1. The van der Waals surface area contributed by atoms with Crippen LogP contribution in [0.25, 0.3) is 0 Å². The second-order valence-corrected chi connectivity index (χ2v) is 6.75. The third-order valence-corrected chi connectivity index (χ3v) is 5.42. The van der Waals surface area contributed by atoms with Crippen LogP contribution in [0.4, 0.5) is 5.69 Å². The number of carbonyl (C=O) groups excluding carboxylic acids is 3. The van der Waals surface area contributed by atoms with E-state index in [1.165, 1.54) is 4.90 Å². The molecule has 1 amide bonds. The van der Waals surface area contributed by atoms with Gasteiger partial charge < -0.3 is 0 Å². The molecule has 2 atom stereocenters. The van der Waals surface area contributed by atoms with Gasteiger partial charge in [0.2, 0.25) is 5.78 Å². The first-order chi connectivity index (χ1) is 12.2. The van der Waals surface area contributed by atoms with Crippen LogP contribution in [0.5, 0.6) is 0 Å². The van der Waals surface area contributed by atoms with Gasteiger partial charge in [-0.3, -0.25) is 19.3 Å². The van der Waals surface area contributed by atoms with E-state index >= 15 is 0 Å². The van der Waals surface area contributed by atoms with Crippen molar-refractivity contribution in [3.8, 4) is 0 Å². The zero-order valence-electron chi connectivity index (χ0n) is 13.9. The van der Waals surface area contributed by atoms with Gasteiger partial charge in [-0.15, -0.1) is 0 Å². The highest BCUT2D eigenvalue weighted by molar-refractivity contribution is 6.50. The van der Waals surface area contributed by atoms with Crippen molar-refractivity contribution in [3.05, 3.63) is 66.2 Å². The topological polar surface area (TPSA) is 54.5 Å². The van der Waals surface area contributed by atoms with Gasteiger partial charge in [-0.2, -0.15) is 0 Å². The van der Waals surface area contributed by atoms with E-state index in [4.69, 9.17) is 0 Å². The molecule has 1 aliphatic carbocycles. The molecule has 1 heterocycles. The molecule has 4 nitrogen and oxygen atoms in total. The Labute approximate surface area is 146 Å². The molecule has 1 saturated carbocycles. The first kappa shape index (κ1) is 15.8. The van der Waals surface area contributed by atoms with E-state index in [0.717, 1.165) is 18.4 Å². The highest BCUT2D eigenvalue weighted by Crippen LogP contribution is 2.53. The second-order valence-electron chi connectivity index (χ2n) is 6.75. The van der Waals surface area contributed by atoms with Gasteiger partial charge in [0.05, 0.1) is 6.04 Å². The molecule has 2 aromatic carbocycles. The Bertz CT molecular complexity index is 831. The van der Waals surface area contributed by atoms with Crippen molar-refractivity contribution in [3.63, 3.8) is 0 Å². The van der Waals surface area contributed by atoms with Crippen molar-refractivity contribution in [1.82, 2.24) is 0 Å². The van der Waals surface area contributed by atoms with Crippen LogP contribution in [-0.4, -0.2) is 17.5 Å². The van der Waals surface area contributed by atoms with Crippen LogP contribution in [0.3, 0.4) is 0 Å². The number of rotatable bonds is 2. The maximum absolute atomic E-state index is 13.0. The number of hydrogen-bond donors (Lipinski definition) is 0. The van der Waals surface area contributed by atoms with Crippen molar-refractivity contribution in [2.24, 2.45) is 5.41 Å². The molecule has 0 radical (unpaired) electrons. The number of nitrogens with zero attached hydrogens (tertiary/aromatic N) is 1. The van der Waals surface area contributed by atoms with Gasteiger partial charge in [0, 0.05) is 12.1 Å². The highest BCUT2D eigenvalue weighted by Gasteiger charge is 2.63. The van der Waals surface area contributed by atoms with Crippen LogP contribution in [0.15, 0.2) is 60.7 Å². The molecule has 1 aliphatic heterocycles. The highest BCUT2D eigenvalue weighted by atomic mass is 16.2. The number of benzene rings is 2. The average molecular weight is 333 g/mol. The van der Waals surface area contributed by atoms with Crippen molar-refractivity contribution in [2.75, 3.05) is 4.90 Å². The summed E-state index contributed by atoms with van der Waals surface area (Å²) in [6.45, 7) is 0. The Kier molecular flexibility index (Phi) is 3.75. The van der Waals surface area contributed by atoms with Gasteiger partial charge in [0.25, 0.3) is 5.91 Å². The molecule has 1 spiro atoms. The number of Topliss-reactive ketones (excluding diaryl/α,β-unsaturated/α-hetero) is 2. The summed E-state index contributed by atoms with van der Waals surface area (Å²) in [5, 5.41) is 0. The summed E-state index contributed by atoms with van der Waals surface area (Å²) in [7, 11) is 0. The van der Waals surface area contributed by atoms with Gasteiger partial charge in [-0.25, -0.2) is 0 Å². The van der Waals surface area contributed by atoms with Gasteiger partial charge >= 0.3 is 0 Å². The molecule has 4 heteroatoms. The minimum Gasteiger partial charge on any atom is -0.298 e. The fraction of sp³-hybridized carbons (Fsp3) is 0.286. The molecule has 2 aromatic rings. The van der Waals surface area contributed by atoms with E-state index in [-0.39, 0.29) is 5.78 Å².